The van der Waals surface area contributed by atoms with E-state index in [4.69, 9.17) is 5.73 Å². The maximum Gasteiger partial charge on any atom is 0.134 e. The summed E-state index contributed by atoms with van der Waals surface area (Å²) in [6.07, 6.45) is 1.29. The van der Waals surface area contributed by atoms with E-state index in [1.807, 2.05) is 13.0 Å². The molecule has 0 aliphatic carbocycles. The van der Waals surface area contributed by atoms with E-state index in [9.17, 15) is 0 Å². The van der Waals surface area contributed by atoms with Crippen molar-refractivity contribution >= 4 is 11.6 Å². The second-order valence-corrected chi connectivity index (χ2v) is 5.41. The number of hydrogen-bond acceptors (Lipinski definition) is 4. The minimum Gasteiger partial charge on any atom is -0.384 e. The van der Waals surface area contributed by atoms with E-state index >= 15 is 0 Å². The zero-order chi connectivity index (χ0) is 12.6. The van der Waals surface area contributed by atoms with Gasteiger partial charge in [-0.2, -0.15) is 0 Å². The molecule has 1 saturated heterocycles. The number of nitrogens with two attached hydrogens (primary N) is 1. The molecule has 1 aromatic heterocycles. The van der Waals surface area contributed by atoms with E-state index in [0.717, 1.165) is 18.2 Å². The average Bonchev–Trinajstić information content (AvgIpc) is 2.22. The molecule has 4 nitrogen and oxygen atoms in total. The molecule has 0 aromatic carbocycles. The number of aromatic nitrogens is 2. The topological polar surface area (TPSA) is 55.0 Å². The molecule has 4 heteroatoms. The van der Waals surface area contributed by atoms with Gasteiger partial charge in [0.05, 0.1) is 0 Å². The lowest BCUT2D eigenvalue weighted by molar-refractivity contribution is 0.295. The summed E-state index contributed by atoms with van der Waals surface area (Å²) in [4.78, 5) is 11.0. The minimum atomic E-state index is 0.514. The Kier molecular flexibility index (Phi) is 3.22. The average molecular weight is 234 g/mol. The third-order valence-electron chi connectivity index (χ3n) is 3.74. The number of piperidine rings is 1. The minimum absolute atomic E-state index is 0.514. The lowest BCUT2D eigenvalue weighted by atomic mass is 9.86. The quantitative estimate of drug-likeness (QED) is 0.809. The number of hydrogen-bond donors (Lipinski definition) is 1. The first-order chi connectivity index (χ1) is 7.97. The summed E-state index contributed by atoms with van der Waals surface area (Å²) in [5.41, 5.74) is 5.80. The van der Waals surface area contributed by atoms with Gasteiger partial charge in [0.15, 0.2) is 0 Å². The molecular formula is C13H22N4. The van der Waals surface area contributed by atoms with Gasteiger partial charge in [0.2, 0.25) is 0 Å². The number of anilines is 2. The Bertz CT molecular complexity index is 384. The molecule has 1 aromatic rings. The van der Waals surface area contributed by atoms with Crippen molar-refractivity contribution in [2.75, 3.05) is 17.2 Å². The Labute approximate surface area is 103 Å². The molecule has 2 rings (SSSR count). The zero-order valence-corrected chi connectivity index (χ0v) is 11.1. The fourth-order valence-electron chi connectivity index (χ4n) is 2.74. The first-order valence-electron chi connectivity index (χ1n) is 6.35. The van der Waals surface area contributed by atoms with Gasteiger partial charge in [0.25, 0.3) is 0 Å². The van der Waals surface area contributed by atoms with Gasteiger partial charge in [0.1, 0.15) is 17.5 Å². The molecule has 1 aliphatic rings. The highest BCUT2D eigenvalue weighted by atomic mass is 15.2. The smallest absolute Gasteiger partial charge is 0.134 e. The summed E-state index contributed by atoms with van der Waals surface area (Å²) in [5.74, 6) is 3.68. The van der Waals surface area contributed by atoms with E-state index in [0.29, 0.717) is 23.7 Å². The second-order valence-electron chi connectivity index (χ2n) is 5.41. The van der Waals surface area contributed by atoms with E-state index in [1.54, 1.807) is 0 Å². The summed E-state index contributed by atoms with van der Waals surface area (Å²) in [6, 6.07) is 2.40. The van der Waals surface area contributed by atoms with E-state index in [1.165, 1.54) is 6.42 Å². The highest BCUT2D eigenvalue weighted by Gasteiger charge is 2.29. The van der Waals surface area contributed by atoms with Crippen LogP contribution in [0.1, 0.15) is 33.0 Å². The van der Waals surface area contributed by atoms with Crippen molar-refractivity contribution in [2.45, 2.75) is 40.2 Å². The van der Waals surface area contributed by atoms with Crippen LogP contribution in [0, 0.1) is 18.8 Å². The van der Waals surface area contributed by atoms with E-state index < -0.39 is 0 Å². The molecule has 17 heavy (non-hydrogen) atoms. The van der Waals surface area contributed by atoms with Crippen LogP contribution < -0.4 is 10.6 Å². The summed E-state index contributed by atoms with van der Waals surface area (Å²) in [5, 5.41) is 0. The van der Waals surface area contributed by atoms with Crippen LogP contribution in [-0.4, -0.2) is 22.6 Å². The zero-order valence-electron chi connectivity index (χ0n) is 11.1. The van der Waals surface area contributed by atoms with E-state index in [-0.39, 0.29) is 0 Å². The summed E-state index contributed by atoms with van der Waals surface area (Å²) >= 11 is 0. The van der Waals surface area contributed by atoms with Crippen LogP contribution in [0.3, 0.4) is 0 Å². The monoisotopic (exact) mass is 234 g/mol. The summed E-state index contributed by atoms with van der Waals surface area (Å²) in [6.45, 7) is 9.82. The maximum atomic E-state index is 5.80. The van der Waals surface area contributed by atoms with Gasteiger partial charge in [-0.1, -0.05) is 13.8 Å². The van der Waals surface area contributed by atoms with Crippen molar-refractivity contribution < 1.29 is 0 Å². The number of nitrogens with zero attached hydrogens (tertiary/aromatic N) is 3. The van der Waals surface area contributed by atoms with Crippen LogP contribution in [0.2, 0.25) is 0 Å². The molecule has 0 bridgehead atoms. The van der Waals surface area contributed by atoms with Crippen LogP contribution in [0.4, 0.5) is 11.6 Å². The molecule has 3 unspecified atom stereocenters. The van der Waals surface area contributed by atoms with E-state index in [2.05, 4.69) is 35.6 Å². The van der Waals surface area contributed by atoms with Crippen LogP contribution in [0.5, 0.6) is 0 Å². The molecule has 2 N–H and O–H groups in total. The Morgan fingerprint density at radius 2 is 2.00 bits per heavy atom. The fourth-order valence-corrected chi connectivity index (χ4v) is 2.74. The highest BCUT2D eigenvalue weighted by molar-refractivity contribution is 5.48. The second kappa shape index (κ2) is 4.51. The van der Waals surface area contributed by atoms with Crippen LogP contribution in [0.25, 0.3) is 0 Å². The van der Waals surface area contributed by atoms with Crippen molar-refractivity contribution in [3.8, 4) is 0 Å². The van der Waals surface area contributed by atoms with Crippen LogP contribution in [-0.2, 0) is 0 Å². The predicted molar refractivity (Wildman–Crippen MR) is 70.9 cm³/mol. The summed E-state index contributed by atoms with van der Waals surface area (Å²) in [7, 11) is 0. The largest absolute Gasteiger partial charge is 0.384 e. The molecule has 1 aliphatic heterocycles. The highest BCUT2D eigenvalue weighted by Crippen LogP contribution is 2.30. The standard InChI is InChI=1S/C13H22N4/c1-8-5-9(2)10(3)17(7-8)13-6-12(14)15-11(4)16-13/h6,8-10H,5,7H2,1-4H3,(H2,14,15,16). The number of aryl methyl sites for hydroxylation is 1. The Hall–Kier alpha value is -1.32. The molecule has 2 heterocycles. The molecule has 1 fully saturated rings. The van der Waals surface area contributed by atoms with Crippen molar-refractivity contribution in [2.24, 2.45) is 11.8 Å². The first-order valence-corrected chi connectivity index (χ1v) is 6.35. The van der Waals surface area contributed by atoms with Crippen molar-refractivity contribution in [1.29, 1.82) is 0 Å². The normalized spacial score (nSPS) is 29.4. The van der Waals surface area contributed by atoms with Gasteiger partial charge in [-0.3, -0.25) is 0 Å². The Morgan fingerprint density at radius 1 is 1.29 bits per heavy atom. The Morgan fingerprint density at radius 3 is 2.65 bits per heavy atom. The Balaban J connectivity index is 2.30. The lowest BCUT2D eigenvalue weighted by Gasteiger charge is -2.42. The third kappa shape index (κ3) is 2.51. The van der Waals surface area contributed by atoms with Gasteiger partial charge in [-0.05, 0) is 32.1 Å². The SMILES string of the molecule is Cc1nc(N)cc(N2CC(C)CC(C)C2C)n1. The molecule has 3 atom stereocenters. The van der Waals surface area contributed by atoms with Gasteiger partial charge in [0, 0.05) is 18.7 Å². The van der Waals surface area contributed by atoms with Crippen LogP contribution >= 0.6 is 0 Å². The molecular weight excluding hydrogens is 212 g/mol. The lowest BCUT2D eigenvalue weighted by Crippen LogP contribution is -2.46. The molecule has 94 valence electrons. The van der Waals surface area contributed by atoms with Gasteiger partial charge in [-0.25, -0.2) is 9.97 Å². The predicted octanol–water partition coefficient (Wildman–Crippen LogP) is 2.24. The number of nitrogen functional groups attached to an aromatic ring is 1. The summed E-state index contributed by atoms with van der Waals surface area (Å²) < 4.78 is 0. The fraction of sp³-hybridized carbons (Fsp3) is 0.692. The molecule has 0 spiro atoms. The third-order valence-corrected chi connectivity index (χ3v) is 3.74. The van der Waals surface area contributed by atoms with Crippen LogP contribution in [0.15, 0.2) is 6.07 Å². The maximum absolute atomic E-state index is 5.80. The van der Waals surface area contributed by atoms with Gasteiger partial charge >= 0.3 is 0 Å². The van der Waals surface area contributed by atoms with Gasteiger partial charge in [-0.15, -0.1) is 0 Å². The van der Waals surface area contributed by atoms with Gasteiger partial charge < -0.3 is 10.6 Å². The van der Waals surface area contributed by atoms with Crippen molar-refractivity contribution in [3.63, 3.8) is 0 Å². The molecule has 0 saturated carbocycles. The van der Waals surface area contributed by atoms with Crippen molar-refractivity contribution in [3.05, 3.63) is 11.9 Å². The van der Waals surface area contributed by atoms with Crippen molar-refractivity contribution in [1.82, 2.24) is 9.97 Å². The first kappa shape index (κ1) is 12.1. The molecule has 0 radical (unpaired) electrons. The molecule has 0 amide bonds. The number of rotatable bonds is 1.